The van der Waals surface area contributed by atoms with E-state index in [2.05, 4.69) is 15.5 Å². The van der Waals surface area contributed by atoms with E-state index in [-0.39, 0.29) is 18.1 Å². The predicted octanol–water partition coefficient (Wildman–Crippen LogP) is 2.95. The molecule has 140 valence electrons. The Morgan fingerprint density at radius 3 is 2.74 bits per heavy atom. The van der Waals surface area contributed by atoms with Gasteiger partial charge in [-0.2, -0.15) is 10.2 Å². The Bertz CT molecular complexity index is 1010. The molecule has 0 aliphatic carbocycles. The first-order valence-electron chi connectivity index (χ1n) is 8.09. The van der Waals surface area contributed by atoms with Crippen molar-refractivity contribution in [2.45, 2.75) is 26.9 Å². The Morgan fingerprint density at radius 1 is 1.30 bits per heavy atom. The summed E-state index contributed by atoms with van der Waals surface area (Å²) >= 11 is 6.00. The number of amides is 1. The minimum Gasteiger partial charge on any atom is -0.308 e. The number of nitrogens with zero attached hydrogens (tertiary/aromatic N) is 5. The largest absolute Gasteiger partial charge is 0.309 e. The van der Waals surface area contributed by atoms with Gasteiger partial charge in [-0.05, 0) is 31.5 Å². The average molecular weight is 389 g/mol. The molecule has 2 aromatic heterocycles. The number of rotatable bonds is 6. The minimum absolute atomic E-state index is 0.121. The molecule has 1 aromatic carbocycles. The van der Waals surface area contributed by atoms with E-state index in [0.717, 1.165) is 17.5 Å². The summed E-state index contributed by atoms with van der Waals surface area (Å²) in [5.74, 6) is 0.0299. The molecule has 0 fully saturated rings. The minimum atomic E-state index is -0.530. The number of hydrogen-bond donors (Lipinski definition) is 1. The summed E-state index contributed by atoms with van der Waals surface area (Å²) in [5.41, 5.74) is 2.06. The molecule has 1 N–H and O–H groups in total. The Hall–Kier alpha value is -3.20. The van der Waals surface area contributed by atoms with Crippen molar-refractivity contribution in [2.24, 2.45) is 0 Å². The van der Waals surface area contributed by atoms with Gasteiger partial charge in [0.25, 0.3) is 0 Å². The van der Waals surface area contributed by atoms with Crippen LogP contribution in [0.2, 0.25) is 5.02 Å². The highest BCUT2D eigenvalue weighted by Crippen LogP contribution is 2.17. The van der Waals surface area contributed by atoms with Crippen LogP contribution < -0.4 is 5.32 Å². The Labute approximate surface area is 159 Å². The summed E-state index contributed by atoms with van der Waals surface area (Å²) in [4.78, 5) is 22.6. The molecule has 0 aliphatic heterocycles. The second kappa shape index (κ2) is 7.58. The normalized spacial score (nSPS) is 10.8. The van der Waals surface area contributed by atoms with Crippen molar-refractivity contribution in [2.75, 3.05) is 5.32 Å². The highest BCUT2D eigenvalue weighted by Gasteiger charge is 2.18. The lowest BCUT2D eigenvalue weighted by Gasteiger charge is -2.05. The third-order valence-electron chi connectivity index (χ3n) is 4.04. The number of carbonyl (C=O) groups excluding carboxylic acids is 1. The maximum atomic E-state index is 12.2. The van der Waals surface area contributed by atoms with Gasteiger partial charge in [-0.25, -0.2) is 0 Å². The molecule has 2 heterocycles. The molecular formula is C17H17ClN6O3. The van der Waals surface area contributed by atoms with Crippen molar-refractivity contribution in [1.82, 2.24) is 19.6 Å². The van der Waals surface area contributed by atoms with Crippen molar-refractivity contribution in [1.29, 1.82) is 0 Å². The maximum absolute atomic E-state index is 12.2. The number of carbonyl (C=O) groups is 1. The van der Waals surface area contributed by atoms with Gasteiger partial charge in [0.05, 0.1) is 11.5 Å². The number of hydrogen-bond acceptors (Lipinski definition) is 5. The van der Waals surface area contributed by atoms with Gasteiger partial charge in [0.1, 0.15) is 18.4 Å². The predicted molar refractivity (Wildman–Crippen MR) is 99.8 cm³/mol. The summed E-state index contributed by atoms with van der Waals surface area (Å²) in [6.45, 7) is 3.81. The summed E-state index contributed by atoms with van der Waals surface area (Å²) in [5, 5.41) is 22.4. The SMILES string of the molecule is Cc1cc(NC(=O)Cn2ncc([N+](=O)[O-])c2C)nn1Cc1cccc(Cl)c1. The number of aryl methyl sites for hydroxylation is 1. The highest BCUT2D eigenvalue weighted by molar-refractivity contribution is 6.30. The first-order valence-corrected chi connectivity index (χ1v) is 8.47. The second-order valence-corrected chi connectivity index (χ2v) is 6.47. The Morgan fingerprint density at radius 2 is 2.07 bits per heavy atom. The topological polar surface area (TPSA) is 108 Å². The Balaban J connectivity index is 1.67. The van der Waals surface area contributed by atoms with Crippen LogP contribution in [0, 0.1) is 24.0 Å². The molecule has 0 atom stereocenters. The van der Waals surface area contributed by atoms with Crippen LogP contribution in [0.15, 0.2) is 36.5 Å². The number of nitrogens with one attached hydrogen (secondary N) is 1. The summed E-state index contributed by atoms with van der Waals surface area (Å²) in [6, 6.07) is 9.22. The number of aromatic nitrogens is 4. The van der Waals surface area contributed by atoms with Gasteiger partial charge in [-0.15, -0.1) is 0 Å². The molecule has 10 heteroatoms. The zero-order valence-electron chi connectivity index (χ0n) is 14.7. The monoisotopic (exact) mass is 388 g/mol. The fraction of sp³-hybridized carbons (Fsp3) is 0.235. The number of halogens is 1. The van der Waals surface area contributed by atoms with Crippen LogP contribution in [-0.2, 0) is 17.9 Å². The molecule has 3 aromatic rings. The van der Waals surface area contributed by atoms with E-state index in [1.165, 1.54) is 4.68 Å². The summed E-state index contributed by atoms with van der Waals surface area (Å²) < 4.78 is 3.04. The van der Waals surface area contributed by atoms with Crippen molar-refractivity contribution >= 4 is 29.0 Å². The van der Waals surface area contributed by atoms with Gasteiger partial charge >= 0.3 is 5.69 Å². The molecular weight excluding hydrogens is 372 g/mol. The van der Waals surface area contributed by atoms with Crippen LogP contribution >= 0.6 is 11.6 Å². The zero-order valence-corrected chi connectivity index (χ0v) is 15.5. The van der Waals surface area contributed by atoms with E-state index in [1.54, 1.807) is 23.7 Å². The summed E-state index contributed by atoms with van der Waals surface area (Å²) in [7, 11) is 0. The zero-order chi connectivity index (χ0) is 19.6. The first kappa shape index (κ1) is 18.6. The van der Waals surface area contributed by atoms with E-state index in [1.807, 2.05) is 25.1 Å². The summed E-state index contributed by atoms with van der Waals surface area (Å²) in [6.07, 6.45) is 1.13. The number of anilines is 1. The molecule has 0 bridgehead atoms. The van der Waals surface area contributed by atoms with Crippen LogP contribution in [0.4, 0.5) is 11.5 Å². The van der Waals surface area contributed by atoms with Crippen LogP contribution in [0.25, 0.3) is 0 Å². The average Bonchev–Trinajstić information content (AvgIpc) is 3.11. The van der Waals surface area contributed by atoms with Gasteiger partial charge in [-0.3, -0.25) is 24.3 Å². The fourth-order valence-corrected chi connectivity index (χ4v) is 2.85. The van der Waals surface area contributed by atoms with Crippen LogP contribution in [-0.4, -0.2) is 30.4 Å². The molecule has 0 radical (unpaired) electrons. The lowest BCUT2D eigenvalue weighted by atomic mass is 10.2. The molecule has 0 spiro atoms. The van der Waals surface area contributed by atoms with Crippen LogP contribution in [0.1, 0.15) is 17.0 Å². The molecule has 1 amide bonds. The van der Waals surface area contributed by atoms with Crippen LogP contribution in [0.5, 0.6) is 0 Å². The van der Waals surface area contributed by atoms with Gasteiger partial charge in [0.15, 0.2) is 5.82 Å². The lowest BCUT2D eigenvalue weighted by Crippen LogP contribution is -2.20. The highest BCUT2D eigenvalue weighted by atomic mass is 35.5. The first-order chi connectivity index (χ1) is 12.8. The molecule has 9 nitrogen and oxygen atoms in total. The molecule has 27 heavy (non-hydrogen) atoms. The molecule has 0 aliphatic rings. The van der Waals surface area contributed by atoms with Crippen molar-refractivity contribution in [3.8, 4) is 0 Å². The number of nitro groups is 1. The third kappa shape index (κ3) is 4.32. The van der Waals surface area contributed by atoms with E-state index < -0.39 is 4.92 Å². The van der Waals surface area contributed by atoms with Gasteiger partial charge in [0, 0.05) is 16.8 Å². The van der Waals surface area contributed by atoms with E-state index in [4.69, 9.17) is 11.6 Å². The maximum Gasteiger partial charge on any atom is 0.309 e. The Kier molecular flexibility index (Phi) is 5.22. The van der Waals surface area contributed by atoms with E-state index >= 15 is 0 Å². The van der Waals surface area contributed by atoms with Gasteiger partial charge in [0.2, 0.25) is 5.91 Å². The smallest absolute Gasteiger partial charge is 0.308 e. The second-order valence-electron chi connectivity index (χ2n) is 6.04. The quantitative estimate of drug-likeness (QED) is 0.516. The van der Waals surface area contributed by atoms with Crippen LogP contribution in [0.3, 0.4) is 0 Å². The van der Waals surface area contributed by atoms with Crippen molar-refractivity contribution in [3.63, 3.8) is 0 Å². The number of benzene rings is 1. The molecule has 3 rings (SSSR count). The van der Waals surface area contributed by atoms with E-state index in [9.17, 15) is 14.9 Å². The van der Waals surface area contributed by atoms with Gasteiger partial charge in [-0.1, -0.05) is 23.7 Å². The third-order valence-corrected chi connectivity index (χ3v) is 4.27. The standard InChI is InChI=1S/C17H17ClN6O3/c1-11-6-16(21-22(11)9-13-4-3-5-14(18)7-13)20-17(25)10-23-12(2)15(8-19-23)24(26)27/h3-8H,9-10H2,1-2H3,(H,20,21,25). The molecule has 0 saturated heterocycles. The van der Waals surface area contributed by atoms with Gasteiger partial charge < -0.3 is 5.32 Å². The lowest BCUT2D eigenvalue weighted by molar-refractivity contribution is -0.385. The van der Waals surface area contributed by atoms with Crippen molar-refractivity contribution < 1.29 is 9.72 Å². The fourth-order valence-electron chi connectivity index (χ4n) is 2.63. The van der Waals surface area contributed by atoms with Crippen molar-refractivity contribution in [3.05, 3.63) is 68.6 Å². The van der Waals surface area contributed by atoms with E-state index in [0.29, 0.717) is 23.1 Å². The molecule has 0 saturated carbocycles. The molecule has 0 unspecified atom stereocenters.